The van der Waals surface area contributed by atoms with Gasteiger partial charge in [0.05, 0.1) is 20.3 Å². The Morgan fingerprint density at radius 3 is 2.62 bits per heavy atom. The number of ether oxygens (including phenoxy) is 2. The number of aldehydes is 1. The fraction of sp³-hybridized carbons (Fsp3) is 0.619. The van der Waals surface area contributed by atoms with Gasteiger partial charge >= 0.3 is 0 Å². The van der Waals surface area contributed by atoms with Crippen LogP contribution in [0.15, 0.2) is 12.1 Å². The minimum absolute atomic E-state index is 0.0385. The van der Waals surface area contributed by atoms with E-state index in [4.69, 9.17) is 9.47 Å². The maximum atomic E-state index is 11.5. The second kappa shape index (κ2) is 7.67. The monoisotopic (exact) mass is 356 g/mol. The van der Waals surface area contributed by atoms with E-state index in [1.165, 1.54) is 11.1 Å². The van der Waals surface area contributed by atoms with Crippen LogP contribution >= 0.6 is 0 Å². The van der Waals surface area contributed by atoms with Gasteiger partial charge in [-0.25, -0.2) is 0 Å². The van der Waals surface area contributed by atoms with Gasteiger partial charge in [-0.2, -0.15) is 5.26 Å². The van der Waals surface area contributed by atoms with Crippen molar-refractivity contribution in [1.29, 1.82) is 5.26 Å². The quantitative estimate of drug-likeness (QED) is 0.757. The number of carbonyl (C=O) groups is 1. The number of nitrogens with zero attached hydrogens (tertiary/aromatic N) is 2. The molecule has 0 spiro atoms. The van der Waals surface area contributed by atoms with Gasteiger partial charge in [0.25, 0.3) is 0 Å². The molecule has 0 aliphatic carbocycles. The van der Waals surface area contributed by atoms with Gasteiger partial charge in [-0.3, -0.25) is 4.90 Å². The number of rotatable bonds is 5. The van der Waals surface area contributed by atoms with Crippen LogP contribution in [0, 0.1) is 29.1 Å². The van der Waals surface area contributed by atoms with Crippen molar-refractivity contribution in [2.24, 2.45) is 17.8 Å². The number of piperidine rings is 1. The maximum absolute atomic E-state index is 11.5. The fourth-order valence-electron chi connectivity index (χ4n) is 4.96. The van der Waals surface area contributed by atoms with Crippen molar-refractivity contribution in [2.75, 3.05) is 20.8 Å². The Balaban J connectivity index is 2.06. The molecule has 2 aliphatic heterocycles. The Kier molecular flexibility index (Phi) is 5.52. The molecule has 5 heteroatoms. The smallest absolute Gasteiger partial charge is 0.161 e. The van der Waals surface area contributed by atoms with Crippen LogP contribution in [0.25, 0.3) is 0 Å². The lowest BCUT2D eigenvalue weighted by molar-refractivity contribution is -0.114. The Morgan fingerprint density at radius 2 is 2.04 bits per heavy atom. The Hall–Kier alpha value is -2.06. The van der Waals surface area contributed by atoms with Gasteiger partial charge in [0.15, 0.2) is 11.5 Å². The molecule has 26 heavy (non-hydrogen) atoms. The minimum atomic E-state index is -0.146. The minimum Gasteiger partial charge on any atom is -0.493 e. The molecule has 1 aromatic carbocycles. The van der Waals surface area contributed by atoms with E-state index in [0.29, 0.717) is 0 Å². The highest BCUT2D eigenvalue weighted by Gasteiger charge is 2.46. The van der Waals surface area contributed by atoms with E-state index in [9.17, 15) is 10.1 Å². The van der Waals surface area contributed by atoms with Gasteiger partial charge in [0, 0.05) is 18.5 Å². The molecule has 0 aromatic heterocycles. The average molecular weight is 356 g/mol. The highest BCUT2D eigenvalue weighted by Crippen LogP contribution is 2.48. The van der Waals surface area contributed by atoms with Crippen LogP contribution in [0.3, 0.4) is 0 Å². The summed E-state index contributed by atoms with van der Waals surface area (Å²) in [6, 6.07) is 6.68. The average Bonchev–Trinajstić information content (AvgIpc) is 2.69. The van der Waals surface area contributed by atoms with E-state index in [2.05, 4.69) is 30.0 Å². The van der Waals surface area contributed by atoms with Crippen LogP contribution in [0.5, 0.6) is 11.5 Å². The van der Waals surface area contributed by atoms with Crippen LogP contribution in [0.2, 0.25) is 0 Å². The topological polar surface area (TPSA) is 62.6 Å². The van der Waals surface area contributed by atoms with Crippen LogP contribution in [0.1, 0.15) is 43.9 Å². The van der Waals surface area contributed by atoms with Gasteiger partial charge in [0.1, 0.15) is 12.3 Å². The molecule has 1 saturated heterocycles. The SMILES string of the molecule is CC[C@@H]1[C@@H]([C@@H](C)C=O)C[C@H]2c3cc(OC)c(OC)cc3CCN2[C@@H]1C#N. The first-order valence-electron chi connectivity index (χ1n) is 9.44. The van der Waals surface area contributed by atoms with Gasteiger partial charge in [-0.15, -0.1) is 0 Å². The first-order chi connectivity index (χ1) is 12.6. The van der Waals surface area contributed by atoms with Crippen molar-refractivity contribution < 1.29 is 14.3 Å². The summed E-state index contributed by atoms with van der Waals surface area (Å²) < 4.78 is 11.0. The Morgan fingerprint density at radius 1 is 1.35 bits per heavy atom. The second-order valence-corrected chi connectivity index (χ2v) is 7.45. The van der Waals surface area contributed by atoms with Gasteiger partial charge < -0.3 is 14.3 Å². The highest BCUT2D eigenvalue weighted by atomic mass is 16.5. The molecule has 0 amide bonds. The van der Waals surface area contributed by atoms with Gasteiger partial charge in [-0.1, -0.05) is 20.3 Å². The van der Waals surface area contributed by atoms with E-state index in [1.54, 1.807) is 14.2 Å². The predicted molar refractivity (Wildman–Crippen MR) is 99.2 cm³/mol. The lowest BCUT2D eigenvalue weighted by Gasteiger charge is -2.51. The van der Waals surface area contributed by atoms with E-state index < -0.39 is 0 Å². The molecule has 0 radical (unpaired) electrons. The molecule has 2 aliphatic rings. The lowest BCUT2D eigenvalue weighted by atomic mass is 9.68. The highest BCUT2D eigenvalue weighted by molar-refractivity contribution is 5.54. The third kappa shape index (κ3) is 2.97. The molecule has 2 heterocycles. The molecular formula is C21H28N2O3. The first kappa shape index (κ1) is 18.7. The van der Waals surface area contributed by atoms with Crippen LogP contribution in [-0.4, -0.2) is 38.0 Å². The zero-order chi connectivity index (χ0) is 18.8. The predicted octanol–water partition coefficient (Wildman–Crippen LogP) is 3.38. The summed E-state index contributed by atoms with van der Waals surface area (Å²) in [6.45, 7) is 4.98. The molecule has 0 bridgehead atoms. The summed E-state index contributed by atoms with van der Waals surface area (Å²) in [6.07, 6.45) is 3.77. The van der Waals surface area contributed by atoms with E-state index in [-0.39, 0.29) is 29.8 Å². The third-order valence-electron chi connectivity index (χ3n) is 6.35. The molecular weight excluding hydrogens is 328 g/mol. The van der Waals surface area contributed by atoms with Crippen LogP contribution in [0.4, 0.5) is 0 Å². The van der Waals surface area contributed by atoms with E-state index in [1.807, 2.05) is 6.92 Å². The second-order valence-electron chi connectivity index (χ2n) is 7.45. The largest absolute Gasteiger partial charge is 0.493 e. The molecule has 140 valence electrons. The normalized spacial score (nSPS) is 29.0. The number of nitriles is 1. The van der Waals surface area contributed by atoms with Gasteiger partial charge in [-0.05, 0) is 47.9 Å². The molecule has 1 fully saturated rings. The number of hydrogen-bond donors (Lipinski definition) is 0. The summed E-state index contributed by atoms with van der Waals surface area (Å²) in [5.74, 6) is 1.89. The third-order valence-corrected chi connectivity index (χ3v) is 6.35. The Bertz CT molecular complexity index is 712. The standard InChI is InChI=1S/C21H28N2O3/c1-5-15-16(13(2)12-24)9-18-17-10-21(26-4)20(25-3)8-14(17)6-7-23(18)19(15)11-22/h8,10,12-13,15-16,18-19H,5-7,9H2,1-4H3/t13-,15+,16+,18-,19+/m0/s1. The van der Waals surface area contributed by atoms with Crippen molar-refractivity contribution in [3.63, 3.8) is 0 Å². The summed E-state index contributed by atoms with van der Waals surface area (Å²) >= 11 is 0. The zero-order valence-electron chi connectivity index (χ0n) is 16.1. The lowest BCUT2D eigenvalue weighted by Crippen LogP contribution is -2.53. The number of hydrogen-bond acceptors (Lipinski definition) is 5. The molecule has 3 rings (SSSR count). The number of fused-ring (bicyclic) bond motifs is 3. The summed E-state index contributed by atoms with van der Waals surface area (Å²) in [5, 5.41) is 9.91. The zero-order valence-corrected chi connectivity index (χ0v) is 16.1. The molecule has 0 unspecified atom stereocenters. The van der Waals surface area contributed by atoms with Crippen LogP contribution < -0.4 is 9.47 Å². The summed E-state index contributed by atoms with van der Waals surface area (Å²) in [5.41, 5.74) is 2.47. The Labute approximate surface area is 155 Å². The molecule has 1 aromatic rings. The maximum Gasteiger partial charge on any atom is 0.161 e. The number of carbonyl (C=O) groups excluding carboxylic acids is 1. The van der Waals surface area contributed by atoms with E-state index >= 15 is 0 Å². The van der Waals surface area contributed by atoms with Crippen molar-refractivity contribution in [3.8, 4) is 17.6 Å². The van der Waals surface area contributed by atoms with Crippen molar-refractivity contribution >= 4 is 6.29 Å². The molecule has 0 saturated carbocycles. The number of benzene rings is 1. The van der Waals surface area contributed by atoms with Crippen molar-refractivity contribution in [1.82, 2.24) is 4.90 Å². The number of methoxy groups -OCH3 is 2. The van der Waals surface area contributed by atoms with Crippen LogP contribution in [-0.2, 0) is 11.2 Å². The summed E-state index contributed by atoms with van der Waals surface area (Å²) in [7, 11) is 3.30. The molecule has 0 N–H and O–H groups in total. The molecule has 5 atom stereocenters. The van der Waals surface area contributed by atoms with Crippen molar-refractivity contribution in [3.05, 3.63) is 23.3 Å². The first-order valence-corrected chi connectivity index (χ1v) is 9.44. The van der Waals surface area contributed by atoms with E-state index in [0.717, 1.165) is 43.6 Å². The summed E-state index contributed by atoms with van der Waals surface area (Å²) in [4.78, 5) is 13.9. The van der Waals surface area contributed by atoms with Gasteiger partial charge in [0.2, 0.25) is 0 Å². The fourth-order valence-corrected chi connectivity index (χ4v) is 4.96. The van der Waals surface area contributed by atoms with Crippen molar-refractivity contribution in [2.45, 2.75) is 45.2 Å². The molecule has 5 nitrogen and oxygen atoms in total.